The van der Waals surface area contributed by atoms with Crippen LogP contribution >= 0.6 is 0 Å². The van der Waals surface area contributed by atoms with Crippen LogP contribution < -0.4 is 4.74 Å². The van der Waals surface area contributed by atoms with Crippen LogP contribution in [0, 0.1) is 17.2 Å². The molecule has 1 saturated carbocycles. The Morgan fingerprint density at radius 3 is 2.84 bits per heavy atom. The minimum absolute atomic E-state index is 0.558. The molecular formula is C16H20N2O. The highest BCUT2D eigenvalue weighted by Crippen LogP contribution is 2.30. The molecule has 0 radical (unpaired) electrons. The van der Waals surface area contributed by atoms with Gasteiger partial charge in [-0.05, 0) is 49.7 Å². The number of ether oxygens (including phenoxy) is 1. The molecule has 0 N–H and O–H groups in total. The van der Waals surface area contributed by atoms with Crippen LogP contribution in [-0.4, -0.2) is 11.6 Å². The van der Waals surface area contributed by atoms with Gasteiger partial charge in [-0.15, -0.1) is 0 Å². The highest BCUT2D eigenvalue weighted by atomic mass is 16.5. The van der Waals surface area contributed by atoms with Crippen LogP contribution in [0.15, 0.2) is 6.07 Å². The second-order valence-corrected chi connectivity index (χ2v) is 5.70. The van der Waals surface area contributed by atoms with Crippen molar-refractivity contribution in [1.82, 2.24) is 4.98 Å². The van der Waals surface area contributed by atoms with Crippen LogP contribution in [0.25, 0.3) is 0 Å². The van der Waals surface area contributed by atoms with Gasteiger partial charge >= 0.3 is 0 Å². The van der Waals surface area contributed by atoms with Crippen molar-refractivity contribution >= 4 is 0 Å². The fraction of sp³-hybridized carbons (Fsp3) is 0.625. The summed E-state index contributed by atoms with van der Waals surface area (Å²) in [5.74, 6) is 1.39. The maximum atomic E-state index is 9.22. The van der Waals surface area contributed by atoms with Crippen molar-refractivity contribution in [3.8, 4) is 11.9 Å². The molecular weight excluding hydrogens is 236 g/mol. The number of hydrogen-bond donors (Lipinski definition) is 0. The molecule has 0 spiro atoms. The van der Waals surface area contributed by atoms with E-state index in [9.17, 15) is 5.26 Å². The standard InChI is InChI=1S/C16H20N2O/c17-11-14-10-13-6-1-2-7-15(13)18-16(14)19-9-8-12-4-3-5-12/h10,12H,1-9H2. The minimum atomic E-state index is 0.558. The second kappa shape index (κ2) is 5.61. The van der Waals surface area contributed by atoms with Crippen LogP contribution in [0.4, 0.5) is 0 Å². The molecule has 0 amide bonds. The predicted octanol–water partition coefficient (Wildman–Crippen LogP) is 3.40. The lowest BCUT2D eigenvalue weighted by molar-refractivity contribution is 0.216. The lowest BCUT2D eigenvalue weighted by Crippen LogP contribution is -2.15. The summed E-state index contributed by atoms with van der Waals surface area (Å²) < 4.78 is 5.77. The van der Waals surface area contributed by atoms with E-state index in [0.717, 1.165) is 30.9 Å². The molecule has 1 aromatic rings. The topological polar surface area (TPSA) is 45.9 Å². The summed E-state index contributed by atoms with van der Waals surface area (Å²) in [6.45, 7) is 0.700. The van der Waals surface area contributed by atoms with Crippen molar-refractivity contribution in [2.75, 3.05) is 6.61 Å². The van der Waals surface area contributed by atoms with Gasteiger partial charge in [0.15, 0.2) is 0 Å². The molecule has 2 aliphatic carbocycles. The first-order valence-electron chi connectivity index (χ1n) is 7.42. The number of nitrogens with zero attached hydrogens (tertiary/aromatic N) is 2. The van der Waals surface area contributed by atoms with E-state index in [4.69, 9.17) is 4.74 Å². The summed E-state index contributed by atoms with van der Waals surface area (Å²) in [6.07, 6.45) is 9.64. The van der Waals surface area contributed by atoms with Crippen molar-refractivity contribution in [2.45, 2.75) is 51.4 Å². The van der Waals surface area contributed by atoms with Gasteiger partial charge in [-0.3, -0.25) is 0 Å². The molecule has 0 bridgehead atoms. The SMILES string of the molecule is N#Cc1cc2c(nc1OCCC1CCC1)CCCC2. The molecule has 1 aromatic heterocycles. The number of rotatable bonds is 4. The Morgan fingerprint density at radius 1 is 1.26 bits per heavy atom. The Labute approximate surface area is 114 Å². The monoisotopic (exact) mass is 256 g/mol. The van der Waals surface area contributed by atoms with E-state index in [1.165, 1.54) is 37.7 Å². The maximum absolute atomic E-state index is 9.22. The fourth-order valence-corrected chi connectivity index (χ4v) is 2.91. The smallest absolute Gasteiger partial charge is 0.231 e. The van der Waals surface area contributed by atoms with E-state index in [2.05, 4.69) is 11.1 Å². The quantitative estimate of drug-likeness (QED) is 0.829. The molecule has 0 saturated heterocycles. The lowest BCUT2D eigenvalue weighted by atomic mass is 9.83. The summed E-state index contributed by atoms with van der Waals surface area (Å²) in [5, 5.41) is 9.22. The summed E-state index contributed by atoms with van der Waals surface area (Å²) in [4.78, 5) is 4.58. The average Bonchev–Trinajstić information content (AvgIpc) is 2.40. The molecule has 0 unspecified atom stereocenters. The molecule has 19 heavy (non-hydrogen) atoms. The minimum Gasteiger partial charge on any atom is -0.477 e. The van der Waals surface area contributed by atoms with E-state index in [-0.39, 0.29) is 0 Å². The third-order valence-electron chi connectivity index (χ3n) is 4.38. The fourth-order valence-electron chi connectivity index (χ4n) is 2.91. The molecule has 1 fully saturated rings. The predicted molar refractivity (Wildman–Crippen MR) is 73.0 cm³/mol. The third-order valence-corrected chi connectivity index (χ3v) is 4.38. The molecule has 100 valence electrons. The Morgan fingerprint density at radius 2 is 2.11 bits per heavy atom. The number of fused-ring (bicyclic) bond motifs is 1. The first-order chi connectivity index (χ1) is 9.36. The molecule has 1 heterocycles. The zero-order valence-corrected chi connectivity index (χ0v) is 11.3. The van der Waals surface area contributed by atoms with Gasteiger partial charge in [0, 0.05) is 5.69 Å². The summed E-state index contributed by atoms with van der Waals surface area (Å²) >= 11 is 0. The Balaban J connectivity index is 1.69. The van der Waals surface area contributed by atoms with Crippen LogP contribution in [0.1, 0.15) is 55.3 Å². The zero-order chi connectivity index (χ0) is 13.1. The zero-order valence-electron chi connectivity index (χ0n) is 11.3. The number of nitriles is 1. The Hall–Kier alpha value is -1.56. The van der Waals surface area contributed by atoms with Crippen molar-refractivity contribution in [3.05, 3.63) is 22.9 Å². The molecule has 3 rings (SSSR count). The highest BCUT2D eigenvalue weighted by molar-refractivity contribution is 5.43. The molecule has 3 nitrogen and oxygen atoms in total. The number of hydrogen-bond acceptors (Lipinski definition) is 3. The Kier molecular flexibility index (Phi) is 3.68. The van der Waals surface area contributed by atoms with Crippen molar-refractivity contribution in [3.63, 3.8) is 0 Å². The van der Waals surface area contributed by atoms with E-state index in [1.807, 2.05) is 6.07 Å². The van der Waals surface area contributed by atoms with E-state index in [1.54, 1.807) is 0 Å². The van der Waals surface area contributed by atoms with Gasteiger partial charge in [-0.25, -0.2) is 4.98 Å². The molecule has 0 aromatic carbocycles. The van der Waals surface area contributed by atoms with E-state index >= 15 is 0 Å². The summed E-state index contributed by atoms with van der Waals surface area (Å²) in [7, 11) is 0. The van der Waals surface area contributed by atoms with Gasteiger partial charge in [-0.2, -0.15) is 5.26 Å². The average molecular weight is 256 g/mol. The van der Waals surface area contributed by atoms with Gasteiger partial charge < -0.3 is 4.74 Å². The number of aromatic nitrogens is 1. The first-order valence-corrected chi connectivity index (χ1v) is 7.42. The lowest BCUT2D eigenvalue weighted by Gasteiger charge is -2.25. The van der Waals surface area contributed by atoms with Crippen molar-refractivity contribution in [1.29, 1.82) is 5.26 Å². The first kappa shape index (κ1) is 12.5. The summed E-state index contributed by atoms with van der Waals surface area (Å²) in [5.41, 5.74) is 2.99. The second-order valence-electron chi connectivity index (χ2n) is 5.70. The van der Waals surface area contributed by atoms with Crippen LogP contribution in [0.5, 0.6) is 5.88 Å². The van der Waals surface area contributed by atoms with Crippen LogP contribution in [-0.2, 0) is 12.8 Å². The molecule has 3 heteroatoms. The van der Waals surface area contributed by atoms with Crippen LogP contribution in [0.3, 0.4) is 0 Å². The van der Waals surface area contributed by atoms with Gasteiger partial charge in [0.1, 0.15) is 11.6 Å². The summed E-state index contributed by atoms with van der Waals surface area (Å²) in [6, 6.07) is 4.21. The number of pyridine rings is 1. The van der Waals surface area contributed by atoms with Gasteiger partial charge in [0.25, 0.3) is 0 Å². The maximum Gasteiger partial charge on any atom is 0.231 e. The van der Waals surface area contributed by atoms with Crippen molar-refractivity contribution < 1.29 is 4.74 Å². The van der Waals surface area contributed by atoms with Gasteiger partial charge in [-0.1, -0.05) is 19.3 Å². The largest absolute Gasteiger partial charge is 0.477 e. The van der Waals surface area contributed by atoms with Crippen LogP contribution in [0.2, 0.25) is 0 Å². The molecule has 0 aliphatic heterocycles. The van der Waals surface area contributed by atoms with Crippen molar-refractivity contribution in [2.24, 2.45) is 5.92 Å². The number of aryl methyl sites for hydroxylation is 2. The third kappa shape index (κ3) is 2.73. The van der Waals surface area contributed by atoms with Gasteiger partial charge in [0.2, 0.25) is 5.88 Å². The molecule has 2 aliphatic rings. The highest BCUT2D eigenvalue weighted by Gasteiger charge is 2.19. The van der Waals surface area contributed by atoms with E-state index in [0.29, 0.717) is 18.1 Å². The normalized spacial score (nSPS) is 18.3. The Bertz CT molecular complexity index is 500. The van der Waals surface area contributed by atoms with E-state index < -0.39 is 0 Å². The molecule has 0 atom stereocenters. The van der Waals surface area contributed by atoms with Gasteiger partial charge in [0.05, 0.1) is 6.61 Å².